The fraction of sp³-hybridized carbons (Fsp3) is 0.188. The van der Waals surface area contributed by atoms with E-state index in [1.807, 2.05) is 30.3 Å². The molecule has 2 N–H and O–H groups in total. The molecule has 0 aromatic heterocycles. The van der Waals surface area contributed by atoms with Gasteiger partial charge in [0.25, 0.3) is 0 Å². The maximum absolute atomic E-state index is 5.85. The van der Waals surface area contributed by atoms with Gasteiger partial charge in [-0.3, -0.25) is 0 Å². The van der Waals surface area contributed by atoms with Crippen molar-refractivity contribution in [2.75, 3.05) is 0 Å². The minimum Gasteiger partial charge on any atom is -0.457 e. The fourth-order valence-corrected chi connectivity index (χ4v) is 2.57. The van der Waals surface area contributed by atoms with Gasteiger partial charge in [-0.15, -0.1) is 0 Å². The van der Waals surface area contributed by atoms with E-state index >= 15 is 0 Å². The van der Waals surface area contributed by atoms with Gasteiger partial charge in [0.2, 0.25) is 0 Å². The first-order valence-electron chi connectivity index (χ1n) is 6.42. The van der Waals surface area contributed by atoms with Crippen LogP contribution in [-0.2, 0) is 12.8 Å². The second kappa shape index (κ2) is 5.02. The van der Waals surface area contributed by atoms with Gasteiger partial charge in [0, 0.05) is 5.56 Å². The lowest BCUT2D eigenvalue weighted by Gasteiger charge is -2.08. The standard InChI is InChI=1S/C16H15NOS/c17-16(19)12-5-7-14(8-6-12)18-15-9-4-11-2-1-3-13(11)10-15/h4-10H,1-3H2,(H2,17,19). The summed E-state index contributed by atoms with van der Waals surface area (Å²) in [4.78, 5) is 0.407. The van der Waals surface area contributed by atoms with Gasteiger partial charge in [-0.1, -0.05) is 18.3 Å². The van der Waals surface area contributed by atoms with E-state index in [4.69, 9.17) is 22.7 Å². The highest BCUT2D eigenvalue weighted by atomic mass is 32.1. The zero-order valence-corrected chi connectivity index (χ0v) is 11.4. The van der Waals surface area contributed by atoms with Crippen LogP contribution in [0.15, 0.2) is 42.5 Å². The molecule has 0 spiro atoms. The molecule has 1 aliphatic carbocycles. The number of thiocarbonyl (C=S) groups is 1. The van der Waals surface area contributed by atoms with E-state index in [0.29, 0.717) is 4.99 Å². The Hall–Kier alpha value is -1.87. The first-order valence-corrected chi connectivity index (χ1v) is 6.83. The molecule has 3 rings (SSSR count). The van der Waals surface area contributed by atoms with E-state index in [9.17, 15) is 0 Å². The predicted octanol–water partition coefficient (Wildman–Crippen LogP) is 3.60. The Morgan fingerprint density at radius 3 is 2.37 bits per heavy atom. The molecule has 0 bridgehead atoms. The van der Waals surface area contributed by atoms with Crippen molar-refractivity contribution in [1.82, 2.24) is 0 Å². The van der Waals surface area contributed by atoms with Crippen LogP contribution in [0.2, 0.25) is 0 Å². The fourth-order valence-electron chi connectivity index (χ4n) is 2.44. The average Bonchev–Trinajstić information content (AvgIpc) is 2.87. The number of rotatable bonds is 3. The first kappa shape index (κ1) is 12.2. The second-order valence-corrected chi connectivity index (χ2v) is 5.21. The van der Waals surface area contributed by atoms with Crippen LogP contribution < -0.4 is 10.5 Å². The molecule has 2 aromatic rings. The molecular formula is C16H15NOS. The van der Waals surface area contributed by atoms with Gasteiger partial charge in [-0.05, 0) is 66.8 Å². The third kappa shape index (κ3) is 2.61. The van der Waals surface area contributed by atoms with Gasteiger partial charge >= 0.3 is 0 Å². The zero-order chi connectivity index (χ0) is 13.2. The molecule has 19 heavy (non-hydrogen) atoms. The number of nitrogens with two attached hydrogens (primary N) is 1. The van der Waals surface area contributed by atoms with Crippen molar-refractivity contribution in [3.05, 3.63) is 59.2 Å². The summed E-state index contributed by atoms with van der Waals surface area (Å²) in [5, 5.41) is 0. The largest absolute Gasteiger partial charge is 0.457 e. The van der Waals surface area contributed by atoms with Gasteiger partial charge < -0.3 is 10.5 Å². The Balaban J connectivity index is 1.79. The van der Waals surface area contributed by atoms with Crippen molar-refractivity contribution in [1.29, 1.82) is 0 Å². The van der Waals surface area contributed by atoms with Crippen LogP contribution in [0.4, 0.5) is 0 Å². The molecule has 0 fully saturated rings. The van der Waals surface area contributed by atoms with Crippen molar-refractivity contribution < 1.29 is 4.74 Å². The van der Waals surface area contributed by atoms with Gasteiger partial charge in [0.15, 0.2) is 0 Å². The summed E-state index contributed by atoms with van der Waals surface area (Å²) in [5.74, 6) is 1.70. The van der Waals surface area contributed by atoms with E-state index in [2.05, 4.69) is 12.1 Å². The van der Waals surface area contributed by atoms with Crippen LogP contribution in [0.25, 0.3) is 0 Å². The highest BCUT2D eigenvalue weighted by molar-refractivity contribution is 7.80. The lowest BCUT2D eigenvalue weighted by molar-refractivity contribution is 0.482. The predicted molar refractivity (Wildman–Crippen MR) is 80.9 cm³/mol. The molecule has 2 nitrogen and oxygen atoms in total. The van der Waals surface area contributed by atoms with Gasteiger partial charge in [-0.2, -0.15) is 0 Å². The minimum atomic E-state index is 0.407. The van der Waals surface area contributed by atoms with Crippen LogP contribution in [0.5, 0.6) is 11.5 Å². The molecule has 3 heteroatoms. The molecule has 1 aliphatic rings. The van der Waals surface area contributed by atoms with E-state index in [1.165, 1.54) is 24.0 Å². The molecule has 96 valence electrons. The van der Waals surface area contributed by atoms with E-state index in [0.717, 1.165) is 23.5 Å². The molecule has 0 amide bonds. The van der Waals surface area contributed by atoms with Crippen molar-refractivity contribution >= 4 is 17.2 Å². The second-order valence-electron chi connectivity index (χ2n) is 4.77. The maximum atomic E-state index is 5.85. The van der Waals surface area contributed by atoms with E-state index in [-0.39, 0.29) is 0 Å². The summed E-state index contributed by atoms with van der Waals surface area (Å²) < 4.78 is 5.85. The van der Waals surface area contributed by atoms with Crippen LogP contribution in [0.1, 0.15) is 23.1 Å². The van der Waals surface area contributed by atoms with Gasteiger partial charge in [0.05, 0.1) is 0 Å². The highest BCUT2D eigenvalue weighted by Crippen LogP contribution is 2.28. The van der Waals surface area contributed by atoms with Crippen LogP contribution in [0, 0.1) is 0 Å². The Morgan fingerprint density at radius 2 is 1.63 bits per heavy atom. The molecule has 0 aliphatic heterocycles. The van der Waals surface area contributed by atoms with Gasteiger partial charge in [-0.25, -0.2) is 0 Å². The van der Waals surface area contributed by atoms with Crippen molar-refractivity contribution in [2.45, 2.75) is 19.3 Å². The minimum absolute atomic E-state index is 0.407. The number of hydrogen-bond donors (Lipinski definition) is 1. The summed E-state index contributed by atoms with van der Waals surface area (Å²) in [6, 6.07) is 13.9. The quantitative estimate of drug-likeness (QED) is 0.865. The number of ether oxygens (including phenoxy) is 1. The van der Waals surface area contributed by atoms with Crippen molar-refractivity contribution in [2.24, 2.45) is 5.73 Å². The SMILES string of the molecule is NC(=S)c1ccc(Oc2ccc3c(c2)CCC3)cc1. The third-order valence-electron chi connectivity index (χ3n) is 3.44. The maximum Gasteiger partial charge on any atom is 0.127 e. The first-order chi connectivity index (χ1) is 9.22. The monoisotopic (exact) mass is 269 g/mol. The van der Waals surface area contributed by atoms with Crippen molar-refractivity contribution in [3.8, 4) is 11.5 Å². The molecule has 0 radical (unpaired) electrons. The Labute approximate surface area is 118 Å². The topological polar surface area (TPSA) is 35.2 Å². The van der Waals surface area contributed by atoms with E-state index in [1.54, 1.807) is 0 Å². The third-order valence-corrected chi connectivity index (χ3v) is 3.68. The number of hydrogen-bond acceptors (Lipinski definition) is 2. The number of benzene rings is 2. The van der Waals surface area contributed by atoms with E-state index < -0.39 is 0 Å². The lowest BCUT2D eigenvalue weighted by atomic mass is 10.1. The van der Waals surface area contributed by atoms with Gasteiger partial charge in [0.1, 0.15) is 16.5 Å². The molecule has 0 saturated carbocycles. The summed E-state index contributed by atoms with van der Waals surface area (Å²) in [5.41, 5.74) is 9.30. The smallest absolute Gasteiger partial charge is 0.127 e. The average molecular weight is 269 g/mol. The molecular weight excluding hydrogens is 254 g/mol. The van der Waals surface area contributed by atoms with Crippen LogP contribution in [-0.4, -0.2) is 4.99 Å². The van der Waals surface area contributed by atoms with Crippen LogP contribution in [0.3, 0.4) is 0 Å². The summed E-state index contributed by atoms with van der Waals surface area (Å²) in [6.07, 6.45) is 3.60. The summed E-state index contributed by atoms with van der Waals surface area (Å²) >= 11 is 4.93. The number of aryl methyl sites for hydroxylation is 2. The molecule has 0 saturated heterocycles. The molecule has 0 atom stereocenters. The Morgan fingerprint density at radius 1 is 0.947 bits per heavy atom. The molecule has 0 unspecified atom stereocenters. The summed E-state index contributed by atoms with van der Waals surface area (Å²) in [6.45, 7) is 0. The Bertz CT molecular complexity index is 619. The zero-order valence-electron chi connectivity index (χ0n) is 10.6. The highest BCUT2D eigenvalue weighted by Gasteiger charge is 2.11. The normalized spacial score (nSPS) is 13.1. The number of fused-ring (bicyclic) bond motifs is 1. The molecule has 0 heterocycles. The van der Waals surface area contributed by atoms with Crippen LogP contribution >= 0.6 is 12.2 Å². The summed E-state index contributed by atoms with van der Waals surface area (Å²) in [7, 11) is 0. The molecule has 2 aromatic carbocycles. The van der Waals surface area contributed by atoms with Crippen molar-refractivity contribution in [3.63, 3.8) is 0 Å². The lowest BCUT2D eigenvalue weighted by Crippen LogP contribution is -2.08. The Kier molecular flexibility index (Phi) is 3.22.